The third-order valence-corrected chi connectivity index (χ3v) is 4.63. The molecule has 0 saturated carbocycles. The molecule has 0 radical (unpaired) electrons. The third-order valence-electron chi connectivity index (χ3n) is 3.49. The molecule has 0 atom stereocenters. The van der Waals surface area contributed by atoms with Gasteiger partial charge in [0, 0.05) is 12.7 Å². The van der Waals surface area contributed by atoms with Gasteiger partial charge in [-0.15, -0.1) is 0 Å². The van der Waals surface area contributed by atoms with E-state index in [0.29, 0.717) is 5.69 Å². The predicted octanol–water partition coefficient (Wildman–Crippen LogP) is 2.42. The zero-order valence-electron chi connectivity index (χ0n) is 13.4. The Bertz CT molecular complexity index is 788. The summed E-state index contributed by atoms with van der Waals surface area (Å²) in [6.07, 6.45) is 1.10. The number of rotatable bonds is 5. The van der Waals surface area contributed by atoms with Gasteiger partial charge in [0.15, 0.2) is 0 Å². The van der Waals surface area contributed by atoms with Crippen LogP contribution in [0.3, 0.4) is 0 Å². The Kier molecular flexibility index (Phi) is 5.05. The number of likely N-dealkylation sites (N-methyl/N-ethyl adjacent to an activating group) is 1. The molecule has 2 aromatic carbocycles. The summed E-state index contributed by atoms with van der Waals surface area (Å²) in [5.74, 6) is -0.303. The molecule has 0 unspecified atom stereocenters. The maximum absolute atomic E-state index is 12.5. The van der Waals surface area contributed by atoms with Crippen LogP contribution in [-0.2, 0) is 14.8 Å². The van der Waals surface area contributed by atoms with Crippen molar-refractivity contribution < 1.29 is 13.2 Å². The van der Waals surface area contributed by atoms with Crippen molar-refractivity contribution in [3.8, 4) is 0 Å². The van der Waals surface area contributed by atoms with Gasteiger partial charge >= 0.3 is 0 Å². The van der Waals surface area contributed by atoms with Crippen LogP contribution in [0.15, 0.2) is 54.6 Å². The molecule has 2 aromatic rings. The minimum absolute atomic E-state index is 0.242. The van der Waals surface area contributed by atoms with Crippen molar-refractivity contribution in [2.45, 2.75) is 6.92 Å². The molecule has 2 rings (SSSR count). The van der Waals surface area contributed by atoms with E-state index >= 15 is 0 Å². The summed E-state index contributed by atoms with van der Waals surface area (Å²) in [4.78, 5) is 13.9. The molecule has 1 amide bonds. The lowest BCUT2D eigenvalue weighted by Crippen LogP contribution is -2.41. The normalized spacial score (nSPS) is 11.1. The molecular weight excluding hydrogens is 312 g/mol. The number of sulfonamides is 1. The minimum Gasteiger partial charge on any atom is -0.314 e. The van der Waals surface area contributed by atoms with E-state index in [1.165, 1.54) is 4.90 Å². The lowest BCUT2D eigenvalue weighted by atomic mass is 10.2. The van der Waals surface area contributed by atoms with Crippen LogP contribution in [-0.4, -0.2) is 34.2 Å². The Hall–Kier alpha value is -2.34. The fourth-order valence-corrected chi connectivity index (χ4v) is 3.05. The fourth-order valence-electron chi connectivity index (χ4n) is 2.21. The Balaban J connectivity index is 2.27. The van der Waals surface area contributed by atoms with Crippen LogP contribution in [0, 0.1) is 6.92 Å². The lowest BCUT2D eigenvalue weighted by Gasteiger charge is -2.25. The highest BCUT2D eigenvalue weighted by molar-refractivity contribution is 7.92. The summed E-state index contributed by atoms with van der Waals surface area (Å²) in [7, 11) is -1.93. The third kappa shape index (κ3) is 4.32. The maximum atomic E-state index is 12.5. The van der Waals surface area contributed by atoms with Crippen molar-refractivity contribution in [2.75, 3.05) is 29.1 Å². The van der Waals surface area contributed by atoms with Crippen molar-refractivity contribution in [1.82, 2.24) is 0 Å². The SMILES string of the molecule is Cc1cccc(N(CC(=O)N(C)c2ccccc2)S(C)(=O)=O)c1. The van der Waals surface area contributed by atoms with Gasteiger partial charge in [-0.1, -0.05) is 30.3 Å². The number of hydrogen-bond acceptors (Lipinski definition) is 3. The number of aryl methyl sites for hydroxylation is 1. The highest BCUT2D eigenvalue weighted by Crippen LogP contribution is 2.20. The van der Waals surface area contributed by atoms with Gasteiger partial charge in [0.25, 0.3) is 0 Å². The highest BCUT2D eigenvalue weighted by Gasteiger charge is 2.23. The van der Waals surface area contributed by atoms with Crippen molar-refractivity contribution in [3.63, 3.8) is 0 Å². The molecule has 0 fully saturated rings. The molecule has 0 aromatic heterocycles. The van der Waals surface area contributed by atoms with Crippen LogP contribution in [0.1, 0.15) is 5.56 Å². The van der Waals surface area contributed by atoms with Crippen LogP contribution in [0.4, 0.5) is 11.4 Å². The van der Waals surface area contributed by atoms with Crippen molar-refractivity contribution in [3.05, 3.63) is 60.2 Å². The monoisotopic (exact) mass is 332 g/mol. The van der Waals surface area contributed by atoms with Crippen molar-refractivity contribution in [1.29, 1.82) is 0 Å². The number of carbonyl (C=O) groups excluding carboxylic acids is 1. The Labute approximate surface area is 137 Å². The zero-order chi connectivity index (χ0) is 17.0. The molecule has 5 nitrogen and oxygen atoms in total. The van der Waals surface area contributed by atoms with Crippen LogP contribution in [0.5, 0.6) is 0 Å². The number of amides is 1. The van der Waals surface area contributed by atoms with Crippen molar-refractivity contribution in [2.24, 2.45) is 0 Å². The number of para-hydroxylation sites is 1. The average Bonchev–Trinajstić information content (AvgIpc) is 2.51. The molecule has 0 N–H and O–H groups in total. The first-order chi connectivity index (χ1) is 10.8. The molecule has 6 heteroatoms. The molecule has 0 saturated heterocycles. The highest BCUT2D eigenvalue weighted by atomic mass is 32.2. The van der Waals surface area contributed by atoms with E-state index in [0.717, 1.165) is 21.8 Å². The molecule has 0 aliphatic rings. The van der Waals surface area contributed by atoms with Gasteiger partial charge in [-0.3, -0.25) is 9.10 Å². The van der Waals surface area contributed by atoms with E-state index in [4.69, 9.17) is 0 Å². The van der Waals surface area contributed by atoms with Gasteiger partial charge in [-0.25, -0.2) is 8.42 Å². The molecule has 23 heavy (non-hydrogen) atoms. The number of anilines is 2. The van der Waals surface area contributed by atoms with Gasteiger partial charge in [0.1, 0.15) is 6.54 Å². The quantitative estimate of drug-likeness (QED) is 0.845. The number of hydrogen-bond donors (Lipinski definition) is 0. The molecular formula is C17H20N2O3S. The standard InChI is InChI=1S/C17H20N2O3S/c1-14-8-7-11-16(12-14)19(23(3,21)22)13-17(20)18(2)15-9-5-4-6-10-15/h4-12H,13H2,1-3H3. The summed E-state index contributed by atoms with van der Waals surface area (Å²) in [5, 5.41) is 0. The molecule has 0 heterocycles. The summed E-state index contributed by atoms with van der Waals surface area (Å²) in [6.45, 7) is 1.63. The van der Waals surface area contributed by atoms with Gasteiger partial charge in [-0.2, -0.15) is 0 Å². The van der Waals surface area contributed by atoms with E-state index in [1.54, 1.807) is 37.4 Å². The van der Waals surface area contributed by atoms with E-state index in [9.17, 15) is 13.2 Å². The number of nitrogens with zero attached hydrogens (tertiary/aromatic N) is 2. The second-order valence-corrected chi connectivity index (χ2v) is 7.30. The van der Waals surface area contributed by atoms with Gasteiger partial charge in [0.2, 0.25) is 15.9 Å². The molecule has 122 valence electrons. The van der Waals surface area contributed by atoms with E-state index in [-0.39, 0.29) is 12.5 Å². The summed E-state index contributed by atoms with van der Waals surface area (Å²) in [5.41, 5.74) is 2.14. The first-order valence-corrected chi connectivity index (χ1v) is 9.00. The summed E-state index contributed by atoms with van der Waals surface area (Å²) in [6, 6.07) is 16.2. The molecule has 0 bridgehead atoms. The summed E-state index contributed by atoms with van der Waals surface area (Å²) >= 11 is 0. The van der Waals surface area contributed by atoms with Crippen LogP contribution in [0.25, 0.3) is 0 Å². The second-order valence-electron chi connectivity index (χ2n) is 5.40. The van der Waals surface area contributed by atoms with E-state index in [1.807, 2.05) is 31.2 Å². The largest absolute Gasteiger partial charge is 0.314 e. The maximum Gasteiger partial charge on any atom is 0.247 e. The number of benzene rings is 2. The Morgan fingerprint density at radius 2 is 1.61 bits per heavy atom. The molecule has 0 spiro atoms. The van der Waals surface area contributed by atoms with Crippen molar-refractivity contribution >= 4 is 27.3 Å². The van der Waals surface area contributed by atoms with Crippen LogP contribution < -0.4 is 9.21 Å². The van der Waals surface area contributed by atoms with Crippen LogP contribution >= 0.6 is 0 Å². The van der Waals surface area contributed by atoms with Gasteiger partial charge in [0.05, 0.1) is 11.9 Å². The summed E-state index contributed by atoms with van der Waals surface area (Å²) < 4.78 is 25.3. The Morgan fingerprint density at radius 1 is 1.00 bits per heavy atom. The smallest absolute Gasteiger partial charge is 0.247 e. The van der Waals surface area contributed by atoms with Gasteiger partial charge < -0.3 is 4.90 Å². The topological polar surface area (TPSA) is 57.7 Å². The first-order valence-electron chi connectivity index (χ1n) is 7.15. The minimum atomic E-state index is -3.56. The lowest BCUT2D eigenvalue weighted by molar-refractivity contribution is -0.116. The predicted molar refractivity (Wildman–Crippen MR) is 93.2 cm³/mol. The van der Waals surface area contributed by atoms with E-state index < -0.39 is 10.0 Å². The first kappa shape index (κ1) is 17.0. The Morgan fingerprint density at radius 3 is 2.17 bits per heavy atom. The van der Waals surface area contributed by atoms with Gasteiger partial charge in [-0.05, 0) is 36.8 Å². The van der Waals surface area contributed by atoms with Crippen LogP contribution in [0.2, 0.25) is 0 Å². The molecule has 0 aliphatic heterocycles. The van der Waals surface area contributed by atoms with E-state index in [2.05, 4.69) is 0 Å². The second kappa shape index (κ2) is 6.83. The molecule has 0 aliphatic carbocycles. The number of carbonyl (C=O) groups is 1. The zero-order valence-corrected chi connectivity index (χ0v) is 14.2. The fraction of sp³-hybridized carbons (Fsp3) is 0.235. The average molecular weight is 332 g/mol.